The molecular formula is C21H21ClO6. The van der Waals surface area contributed by atoms with Crippen LogP contribution in [0.25, 0.3) is 6.08 Å². The van der Waals surface area contributed by atoms with Crippen molar-refractivity contribution < 1.29 is 28.5 Å². The summed E-state index contributed by atoms with van der Waals surface area (Å²) in [4.78, 5) is 23.8. The van der Waals surface area contributed by atoms with E-state index in [0.29, 0.717) is 22.1 Å². The molecule has 2 aromatic carbocycles. The maximum atomic E-state index is 12.6. The summed E-state index contributed by atoms with van der Waals surface area (Å²) in [5.74, 6) is -0.0195. The normalized spacial score (nSPS) is 11.2. The molecule has 0 aliphatic carbocycles. The van der Waals surface area contributed by atoms with Gasteiger partial charge in [-0.05, 0) is 61.9 Å². The molecule has 0 radical (unpaired) electrons. The molecule has 28 heavy (non-hydrogen) atoms. The largest absolute Gasteiger partial charge is 0.493 e. The van der Waals surface area contributed by atoms with Crippen molar-refractivity contribution in [3.63, 3.8) is 0 Å². The summed E-state index contributed by atoms with van der Waals surface area (Å²) < 4.78 is 21.0. The molecule has 0 spiro atoms. The number of hydrogen-bond acceptors (Lipinski definition) is 6. The summed E-state index contributed by atoms with van der Waals surface area (Å²) in [6.45, 7) is 3.20. The quantitative estimate of drug-likeness (QED) is 0.389. The van der Waals surface area contributed by atoms with Crippen molar-refractivity contribution in [3.8, 4) is 17.2 Å². The molecule has 0 atom stereocenters. The number of benzene rings is 2. The van der Waals surface area contributed by atoms with E-state index in [2.05, 4.69) is 4.74 Å². The van der Waals surface area contributed by atoms with E-state index in [1.54, 1.807) is 62.4 Å². The van der Waals surface area contributed by atoms with Gasteiger partial charge >= 0.3 is 11.9 Å². The minimum absolute atomic E-state index is 0.232. The highest BCUT2D eigenvalue weighted by Gasteiger charge is 2.33. The van der Waals surface area contributed by atoms with Crippen molar-refractivity contribution in [2.24, 2.45) is 0 Å². The Hall–Kier alpha value is -2.99. The summed E-state index contributed by atoms with van der Waals surface area (Å²) in [5.41, 5.74) is -0.568. The van der Waals surface area contributed by atoms with E-state index in [-0.39, 0.29) is 5.75 Å². The molecule has 0 bridgehead atoms. The van der Waals surface area contributed by atoms with Crippen LogP contribution in [0, 0.1) is 0 Å². The second-order valence-corrected chi connectivity index (χ2v) is 6.66. The molecule has 2 aromatic rings. The molecule has 0 aromatic heterocycles. The van der Waals surface area contributed by atoms with Crippen molar-refractivity contribution in [1.82, 2.24) is 0 Å². The number of carbonyl (C=O) groups is 2. The first-order chi connectivity index (χ1) is 13.2. The molecule has 0 unspecified atom stereocenters. The van der Waals surface area contributed by atoms with Gasteiger partial charge in [-0.15, -0.1) is 0 Å². The van der Waals surface area contributed by atoms with Crippen LogP contribution < -0.4 is 14.2 Å². The average molecular weight is 405 g/mol. The van der Waals surface area contributed by atoms with Crippen LogP contribution in [0.3, 0.4) is 0 Å². The van der Waals surface area contributed by atoms with Crippen molar-refractivity contribution in [2.75, 3.05) is 14.2 Å². The van der Waals surface area contributed by atoms with Crippen LogP contribution in [0.5, 0.6) is 17.2 Å². The lowest BCUT2D eigenvalue weighted by Gasteiger charge is -2.24. The van der Waals surface area contributed by atoms with Crippen molar-refractivity contribution in [2.45, 2.75) is 19.4 Å². The van der Waals surface area contributed by atoms with E-state index < -0.39 is 17.5 Å². The Bertz CT molecular complexity index is 871. The summed E-state index contributed by atoms with van der Waals surface area (Å²) in [7, 11) is 2.75. The Morgan fingerprint density at radius 1 is 1.00 bits per heavy atom. The van der Waals surface area contributed by atoms with Crippen LogP contribution >= 0.6 is 11.6 Å². The number of carbonyl (C=O) groups excluding carboxylic acids is 2. The Kier molecular flexibility index (Phi) is 7.06. The van der Waals surface area contributed by atoms with Crippen LogP contribution in [0.1, 0.15) is 19.4 Å². The van der Waals surface area contributed by atoms with Gasteiger partial charge in [0.05, 0.1) is 14.2 Å². The molecule has 0 amide bonds. The number of methoxy groups -OCH3 is 2. The highest BCUT2D eigenvalue weighted by atomic mass is 35.5. The third kappa shape index (κ3) is 5.76. The molecule has 0 saturated carbocycles. The van der Waals surface area contributed by atoms with Crippen LogP contribution in [0.15, 0.2) is 48.5 Å². The van der Waals surface area contributed by atoms with Gasteiger partial charge in [0.25, 0.3) is 0 Å². The smallest absolute Gasteiger partial charge is 0.355 e. The van der Waals surface area contributed by atoms with E-state index in [1.165, 1.54) is 20.3 Å². The predicted octanol–water partition coefficient (Wildman–Crippen LogP) is 4.30. The van der Waals surface area contributed by atoms with Gasteiger partial charge in [-0.2, -0.15) is 0 Å². The summed E-state index contributed by atoms with van der Waals surface area (Å²) in [6, 6.07) is 11.6. The topological polar surface area (TPSA) is 71.1 Å². The lowest BCUT2D eigenvalue weighted by atomic mass is 10.1. The molecule has 7 heteroatoms. The van der Waals surface area contributed by atoms with Gasteiger partial charge in [-0.1, -0.05) is 17.7 Å². The van der Waals surface area contributed by atoms with Gasteiger partial charge < -0.3 is 18.9 Å². The fourth-order valence-corrected chi connectivity index (χ4v) is 2.29. The molecule has 0 N–H and O–H groups in total. The summed E-state index contributed by atoms with van der Waals surface area (Å²) in [5, 5.41) is 0.568. The van der Waals surface area contributed by atoms with Gasteiger partial charge in [0.15, 0.2) is 11.5 Å². The van der Waals surface area contributed by atoms with Crippen LogP contribution in [0.2, 0.25) is 5.02 Å². The molecule has 0 aliphatic heterocycles. The lowest BCUT2D eigenvalue weighted by molar-refractivity contribution is -0.149. The molecule has 2 rings (SSSR count). The first kappa shape index (κ1) is 21.3. The molecule has 0 fully saturated rings. The maximum Gasteiger partial charge on any atom is 0.355 e. The average Bonchev–Trinajstić information content (AvgIpc) is 2.68. The van der Waals surface area contributed by atoms with E-state index in [0.717, 1.165) is 0 Å². The second-order valence-electron chi connectivity index (χ2n) is 6.22. The third-order valence-corrected chi connectivity index (χ3v) is 3.93. The SMILES string of the molecule is COC(=O)/C=C/c1ccc(OC(=O)C(C)(C)Oc2ccc(Cl)cc2)c(OC)c1. The fraction of sp³-hybridized carbons (Fsp3) is 0.238. The van der Waals surface area contributed by atoms with Crippen LogP contribution in [-0.4, -0.2) is 31.8 Å². The predicted molar refractivity (Wildman–Crippen MR) is 106 cm³/mol. The summed E-state index contributed by atoms with van der Waals surface area (Å²) in [6.07, 6.45) is 2.84. The molecular weight excluding hydrogens is 384 g/mol. The van der Waals surface area contributed by atoms with Crippen molar-refractivity contribution >= 4 is 29.6 Å². The monoisotopic (exact) mass is 404 g/mol. The highest BCUT2D eigenvalue weighted by molar-refractivity contribution is 6.30. The molecule has 148 valence electrons. The zero-order chi connectivity index (χ0) is 20.7. The Labute approximate surface area is 168 Å². The van der Waals surface area contributed by atoms with Crippen molar-refractivity contribution in [1.29, 1.82) is 0 Å². The van der Waals surface area contributed by atoms with Gasteiger partial charge in [-0.3, -0.25) is 0 Å². The van der Waals surface area contributed by atoms with E-state index in [9.17, 15) is 9.59 Å². The number of esters is 2. The third-order valence-electron chi connectivity index (χ3n) is 3.68. The minimum Gasteiger partial charge on any atom is -0.493 e. The Morgan fingerprint density at radius 3 is 2.29 bits per heavy atom. The van der Waals surface area contributed by atoms with Gasteiger partial charge in [0.2, 0.25) is 5.60 Å². The Balaban J connectivity index is 2.14. The second kappa shape index (κ2) is 9.28. The zero-order valence-corrected chi connectivity index (χ0v) is 16.8. The number of rotatable bonds is 7. The van der Waals surface area contributed by atoms with Gasteiger partial charge in [0, 0.05) is 11.1 Å². The highest BCUT2D eigenvalue weighted by Crippen LogP contribution is 2.30. The zero-order valence-electron chi connectivity index (χ0n) is 16.0. The van der Waals surface area contributed by atoms with Crippen LogP contribution in [0.4, 0.5) is 0 Å². The van der Waals surface area contributed by atoms with Gasteiger partial charge in [0.1, 0.15) is 5.75 Å². The van der Waals surface area contributed by atoms with E-state index in [1.807, 2.05) is 0 Å². The van der Waals surface area contributed by atoms with Gasteiger partial charge in [-0.25, -0.2) is 9.59 Å². The molecule has 0 aliphatic rings. The standard InChI is InChI=1S/C21H21ClO6/c1-21(2,28-16-9-7-15(22)8-10-16)20(24)27-17-11-5-14(13-18(17)25-3)6-12-19(23)26-4/h5-13H,1-4H3/b12-6+. The first-order valence-electron chi connectivity index (χ1n) is 8.36. The maximum absolute atomic E-state index is 12.6. The first-order valence-corrected chi connectivity index (χ1v) is 8.74. The lowest BCUT2D eigenvalue weighted by Crippen LogP contribution is -2.41. The fourth-order valence-electron chi connectivity index (χ4n) is 2.17. The van der Waals surface area contributed by atoms with Crippen LogP contribution in [-0.2, 0) is 14.3 Å². The number of ether oxygens (including phenoxy) is 4. The number of hydrogen-bond donors (Lipinski definition) is 0. The molecule has 0 heterocycles. The molecule has 6 nitrogen and oxygen atoms in total. The van der Waals surface area contributed by atoms with E-state index >= 15 is 0 Å². The van der Waals surface area contributed by atoms with E-state index in [4.69, 9.17) is 25.8 Å². The Morgan fingerprint density at radius 2 is 1.68 bits per heavy atom. The number of halogens is 1. The minimum atomic E-state index is -1.25. The van der Waals surface area contributed by atoms with Crippen molar-refractivity contribution in [3.05, 3.63) is 59.1 Å². The molecule has 0 saturated heterocycles. The summed E-state index contributed by atoms with van der Waals surface area (Å²) >= 11 is 5.86.